The van der Waals surface area contributed by atoms with Gasteiger partial charge in [0.05, 0.1) is 24.8 Å². The van der Waals surface area contributed by atoms with E-state index < -0.39 is 0 Å². The van der Waals surface area contributed by atoms with Gasteiger partial charge in [0.1, 0.15) is 0 Å². The largest absolute Gasteiger partial charge is 0.376 e. The van der Waals surface area contributed by atoms with Crippen molar-refractivity contribution >= 4 is 17.2 Å². The summed E-state index contributed by atoms with van der Waals surface area (Å²) in [5, 5.41) is 9.28. The first-order valence-corrected chi connectivity index (χ1v) is 9.64. The Bertz CT molecular complexity index is 676. The molecule has 0 spiro atoms. The van der Waals surface area contributed by atoms with E-state index in [1.165, 1.54) is 4.88 Å². The molecular formula is C18H23N3O2S. The van der Waals surface area contributed by atoms with Crippen LogP contribution in [0.3, 0.4) is 0 Å². The van der Waals surface area contributed by atoms with Gasteiger partial charge in [0.25, 0.3) is 0 Å². The highest BCUT2D eigenvalue weighted by Crippen LogP contribution is 2.32. The van der Waals surface area contributed by atoms with Crippen LogP contribution in [0.1, 0.15) is 47.7 Å². The molecule has 5 nitrogen and oxygen atoms in total. The van der Waals surface area contributed by atoms with Gasteiger partial charge in [0, 0.05) is 29.3 Å². The van der Waals surface area contributed by atoms with E-state index in [2.05, 4.69) is 21.6 Å². The maximum Gasteiger partial charge on any atom is 0.230 e. The first kappa shape index (κ1) is 15.8. The number of H-pyrrole nitrogens is 1. The van der Waals surface area contributed by atoms with Crippen molar-refractivity contribution in [2.45, 2.75) is 50.7 Å². The molecule has 0 radical (unpaired) electrons. The lowest BCUT2D eigenvalue weighted by Gasteiger charge is -2.30. The van der Waals surface area contributed by atoms with Gasteiger partial charge < -0.3 is 9.64 Å². The normalized spacial score (nSPS) is 23.2. The van der Waals surface area contributed by atoms with Crippen molar-refractivity contribution in [2.75, 3.05) is 13.2 Å². The van der Waals surface area contributed by atoms with Crippen LogP contribution in [0.5, 0.6) is 0 Å². The highest BCUT2D eigenvalue weighted by Gasteiger charge is 2.33. The maximum absolute atomic E-state index is 13.3. The van der Waals surface area contributed by atoms with Crippen molar-refractivity contribution in [1.29, 1.82) is 0 Å². The third-order valence-corrected chi connectivity index (χ3v) is 5.89. The van der Waals surface area contributed by atoms with Gasteiger partial charge in [0.2, 0.25) is 5.91 Å². The molecule has 2 atom stereocenters. The highest BCUT2D eigenvalue weighted by atomic mass is 32.1. The van der Waals surface area contributed by atoms with Crippen molar-refractivity contribution in [3.05, 3.63) is 39.8 Å². The molecule has 6 heteroatoms. The van der Waals surface area contributed by atoms with Crippen LogP contribution in [0, 0.1) is 0 Å². The molecule has 2 aromatic rings. The Morgan fingerprint density at radius 1 is 1.42 bits per heavy atom. The van der Waals surface area contributed by atoms with E-state index in [9.17, 15) is 4.79 Å². The smallest absolute Gasteiger partial charge is 0.230 e. The number of nitrogens with zero attached hydrogens (tertiary/aromatic N) is 2. The van der Waals surface area contributed by atoms with E-state index in [-0.39, 0.29) is 17.9 Å². The summed E-state index contributed by atoms with van der Waals surface area (Å²) < 4.78 is 5.79. The van der Waals surface area contributed by atoms with Crippen LogP contribution >= 0.6 is 11.3 Å². The second-order valence-electron chi connectivity index (χ2n) is 6.68. The summed E-state index contributed by atoms with van der Waals surface area (Å²) in [6.45, 7) is 2.20. The summed E-state index contributed by atoms with van der Waals surface area (Å²) in [7, 11) is 0. The number of rotatable bonds is 5. The zero-order valence-electron chi connectivity index (χ0n) is 13.7. The molecule has 24 heavy (non-hydrogen) atoms. The van der Waals surface area contributed by atoms with Gasteiger partial charge in [-0.3, -0.25) is 9.89 Å². The number of amides is 1. The molecule has 0 bridgehead atoms. The summed E-state index contributed by atoms with van der Waals surface area (Å²) in [4.78, 5) is 16.5. The average molecular weight is 345 g/mol. The zero-order chi connectivity index (χ0) is 16.4. The quantitative estimate of drug-likeness (QED) is 0.906. The fourth-order valence-electron chi connectivity index (χ4n) is 3.80. The monoisotopic (exact) mass is 345 g/mol. The van der Waals surface area contributed by atoms with E-state index in [1.54, 1.807) is 11.3 Å². The molecule has 1 fully saturated rings. The Labute approximate surface area is 146 Å². The van der Waals surface area contributed by atoms with Gasteiger partial charge >= 0.3 is 0 Å². The summed E-state index contributed by atoms with van der Waals surface area (Å²) in [5.74, 6) is 0.162. The Morgan fingerprint density at radius 2 is 2.38 bits per heavy atom. The first-order chi connectivity index (χ1) is 11.8. The number of nitrogens with one attached hydrogen (secondary N) is 1. The average Bonchev–Trinajstić information content (AvgIpc) is 3.35. The van der Waals surface area contributed by atoms with Gasteiger partial charge in [-0.05, 0) is 43.6 Å². The van der Waals surface area contributed by atoms with Crippen molar-refractivity contribution < 1.29 is 9.53 Å². The number of carbonyl (C=O) groups is 1. The summed E-state index contributed by atoms with van der Waals surface area (Å²) >= 11 is 1.71. The molecule has 1 aliphatic heterocycles. The predicted molar refractivity (Wildman–Crippen MR) is 93.0 cm³/mol. The van der Waals surface area contributed by atoms with E-state index in [0.717, 1.165) is 50.0 Å². The van der Waals surface area contributed by atoms with Crippen LogP contribution in [0.4, 0.5) is 0 Å². The number of ether oxygens (including phenoxy) is 1. The molecule has 2 aliphatic rings. The number of aromatic nitrogens is 2. The van der Waals surface area contributed by atoms with E-state index >= 15 is 0 Å². The van der Waals surface area contributed by atoms with Gasteiger partial charge in [-0.15, -0.1) is 11.3 Å². The fraction of sp³-hybridized carbons (Fsp3) is 0.556. The predicted octanol–water partition coefficient (Wildman–Crippen LogP) is 3.10. The number of carbonyl (C=O) groups excluding carboxylic acids is 1. The Hall–Kier alpha value is -1.66. The van der Waals surface area contributed by atoms with Crippen LogP contribution in [0.25, 0.3) is 0 Å². The maximum atomic E-state index is 13.3. The van der Waals surface area contributed by atoms with Crippen LogP contribution < -0.4 is 0 Å². The topological polar surface area (TPSA) is 58.2 Å². The van der Waals surface area contributed by atoms with E-state index in [4.69, 9.17) is 4.74 Å². The molecule has 1 aliphatic carbocycles. The number of thiophene rings is 1. The molecule has 0 saturated carbocycles. The van der Waals surface area contributed by atoms with Crippen LogP contribution in [0.15, 0.2) is 23.7 Å². The first-order valence-electron chi connectivity index (χ1n) is 8.76. The number of aryl methyl sites for hydroxylation is 1. The van der Waals surface area contributed by atoms with Gasteiger partial charge in [-0.2, -0.15) is 5.10 Å². The molecule has 1 N–H and O–H groups in total. The third-order valence-electron chi connectivity index (χ3n) is 5.03. The zero-order valence-corrected chi connectivity index (χ0v) is 14.6. The minimum Gasteiger partial charge on any atom is -0.376 e. The molecular weight excluding hydrogens is 322 g/mol. The van der Waals surface area contributed by atoms with Crippen LogP contribution in [-0.2, 0) is 22.5 Å². The molecule has 1 amide bonds. The summed E-state index contributed by atoms with van der Waals surface area (Å²) in [6.07, 6.45) is 7.12. The SMILES string of the molecule is O=C([C@H]1CCCc2[nH]ncc21)N(Cc1cccs1)C[C@H]1CCCO1. The van der Waals surface area contributed by atoms with Crippen molar-refractivity contribution in [1.82, 2.24) is 15.1 Å². The molecule has 128 valence electrons. The van der Waals surface area contributed by atoms with Gasteiger partial charge in [0.15, 0.2) is 0 Å². The number of fused-ring (bicyclic) bond motifs is 1. The minimum atomic E-state index is -0.0612. The molecule has 0 aromatic carbocycles. The van der Waals surface area contributed by atoms with E-state index in [1.807, 2.05) is 17.2 Å². The lowest BCUT2D eigenvalue weighted by Crippen LogP contribution is -2.40. The second kappa shape index (κ2) is 7.07. The molecule has 4 rings (SSSR count). The number of hydrogen-bond acceptors (Lipinski definition) is 4. The molecule has 1 saturated heterocycles. The minimum absolute atomic E-state index is 0.0612. The van der Waals surface area contributed by atoms with Gasteiger partial charge in [-0.1, -0.05) is 6.07 Å². The summed E-state index contributed by atoms with van der Waals surface area (Å²) in [5.41, 5.74) is 2.22. The van der Waals surface area contributed by atoms with Crippen LogP contribution in [0.2, 0.25) is 0 Å². The third kappa shape index (κ3) is 3.26. The Morgan fingerprint density at radius 3 is 3.17 bits per heavy atom. The van der Waals surface area contributed by atoms with Crippen molar-refractivity contribution in [3.8, 4) is 0 Å². The summed E-state index contributed by atoms with van der Waals surface area (Å²) in [6, 6.07) is 4.15. The Balaban J connectivity index is 1.54. The van der Waals surface area contributed by atoms with Crippen LogP contribution in [-0.4, -0.2) is 40.3 Å². The number of aromatic amines is 1. The van der Waals surface area contributed by atoms with Gasteiger partial charge in [-0.25, -0.2) is 0 Å². The van der Waals surface area contributed by atoms with E-state index in [0.29, 0.717) is 13.1 Å². The molecule has 0 unspecified atom stereocenters. The second-order valence-corrected chi connectivity index (χ2v) is 7.71. The highest BCUT2D eigenvalue weighted by molar-refractivity contribution is 7.09. The standard InChI is InChI=1S/C18H23N3O2S/c22-18(15-6-1-7-17-16(15)10-19-20-17)21(11-13-4-2-8-23-13)12-14-5-3-9-24-14/h3,5,9-10,13,15H,1-2,4,6-8,11-12H2,(H,19,20)/t13-,15+/m1/s1. The van der Waals surface area contributed by atoms with Crippen molar-refractivity contribution in [3.63, 3.8) is 0 Å². The Kier molecular flexibility index (Phi) is 4.67. The fourth-order valence-corrected chi connectivity index (χ4v) is 4.51. The molecule has 2 aromatic heterocycles. The lowest BCUT2D eigenvalue weighted by molar-refractivity contribution is -0.135. The number of hydrogen-bond donors (Lipinski definition) is 1. The molecule has 3 heterocycles. The lowest BCUT2D eigenvalue weighted by atomic mass is 9.86. The van der Waals surface area contributed by atoms with Crippen molar-refractivity contribution in [2.24, 2.45) is 0 Å².